The molecule has 1 amide bonds. The molecular formula is C29H34N8O2. The van der Waals surface area contributed by atoms with Crippen LogP contribution >= 0.6 is 0 Å². The minimum Gasteiger partial charge on any atom is -0.381 e. The molecule has 3 aliphatic heterocycles. The van der Waals surface area contributed by atoms with Crippen LogP contribution in [-0.2, 0) is 29.5 Å². The van der Waals surface area contributed by atoms with E-state index < -0.39 is 0 Å². The van der Waals surface area contributed by atoms with Crippen molar-refractivity contribution in [3.05, 3.63) is 53.5 Å². The van der Waals surface area contributed by atoms with Gasteiger partial charge in [0.1, 0.15) is 0 Å². The van der Waals surface area contributed by atoms with Crippen LogP contribution in [0.15, 0.2) is 36.7 Å². The zero-order chi connectivity index (χ0) is 27.3. The Hall–Kier alpha value is -4.10. The summed E-state index contributed by atoms with van der Waals surface area (Å²) in [7, 11) is 3.96. The molecule has 3 aliphatic rings. The highest BCUT2D eigenvalue weighted by Gasteiger charge is 2.35. The predicted molar refractivity (Wildman–Crippen MR) is 149 cm³/mol. The third-order valence-electron chi connectivity index (χ3n) is 8.12. The van der Waals surface area contributed by atoms with E-state index in [0.717, 1.165) is 79.4 Å². The summed E-state index contributed by atoms with van der Waals surface area (Å²) in [4.78, 5) is 19.3. The highest BCUT2D eigenvalue weighted by Crippen LogP contribution is 2.44. The van der Waals surface area contributed by atoms with E-state index >= 15 is 0 Å². The highest BCUT2D eigenvalue weighted by molar-refractivity contribution is 5.92. The van der Waals surface area contributed by atoms with E-state index in [1.54, 1.807) is 17.8 Å². The Morgan fingerprint density at radius 2 is 1.95 bits per heavy atom. The fraction of sp³-hybridized carbons (Fsp3) is 0.448. The smallest absolute Gasteiger partial charge is 0.249 e. The van der Waals surface area contributed by atoms with Crippen molar-refractivity contribution < 1.29 is 9.53 Å². The van der Waals surface area contributed by atoms with Gasteiger partial charge in [-0.05, 0) is 31.9 Å². The van der Waals surface area contributed by atoms with Gasteiger partial charge in [0.25, 0.3) is 0 Å². The summed E-state index contributed by atoms with van der Waals surface area (Å²) in [5, 5.41) is 19.7. The van der Waals surface area contributed by atoms with Gasteiger partial charge in [0.05, 0.1) is 41.8 Å². The maximum Gasteiger partial charge on any atom is 0.249 e. The summed E-state index contributed by atoms with van der Waals surface area (Å²) >= 11 is 0. The van der Waals surface area contributed by atoms with E-state index in [2.05, 4.69) is 45.3 Å². The van der Waals surface area contributed by atoms with E-state index in [1.807, 2.05) is 24.2 Å². The van der Waals surface area contributed by atoms with E-state index in [0.29, 0.717) is 24.2 Å². The molecule has 1 saturated heterocycles. The normalized spacial score (nSPS) is 17.5. The summed E-state index contributed by atoms with van der Waals surface area (Å²) in [5.41, 5.74) is 7.21. The average Bonchev–Trinajstić information content (AvgIpc) is 3.56. The van der Waals surface area contributed by atoms with Crippen LogP contribution in [0.4, 0.5) is 17.2 Å². The number of hydrogen-bond donors (Lipinski definition) is 0. The molecule has 5 heterocycles. The number of nitrogens with zero attached hydrogens (tertiary/aromatic N) is 8. The third-order valence-corrected chi connectivity index (χ3v) is 8.12. The standard InChI is InChI=1S/C29H34N8O2/c1-19(2)29(38)35-8-5-25-24(18-35)28(32-37(25)22-6-11-39-12-7-22)36-10-9-33(3)26-14-23(20(15-30)13-27(26)36)21-16-31-34(4)17-21/h13-14,16-17,22H,1,5-12,18H2,2-4H3. The number of rotatable bonds is 4. The van der Waals surface area contributed by atoms with Crippen molar-refractivity contribution in [3.8, 4) is 17.2 Å². The van der Waals surface area contributed by atoms with Gasteiger partial charge in [-0.2, -0.15) is 15.5 Å². The number of amides is 1. The molecule has 2 aromatic heterocycles. The number of hydrogen-bond acceptors (Lipinski definition) is 7. The first-order valence-corrected chi connectivity index (χ1v) is 13.5. The molecule has 0 bridgehead atoms. The first-order chi connectivity index (χ1) is 18.9. The topological polar surface area (TPSA) is 95.5 Å². The summed E-state index contributed by atoms with van der Waals surface area (Å²) in [6.45, 7) is 9.81. The number of anilines is 3. The van der Waals surface area contributed by atoms with Crippen LogP contribution in [0.25, 0.3) is 11.1 Å². The molecule has 0 unspecified atom stereocenters. The van der Waals surface area contributed by atoms with Crippen molar-refractivity contribution in [1.82, 2.24) is 24.5 Å². The molecule has 1 fully saturated rings. The van der Waals surface area contributed by atoms with Crippen molar-refractivity contribution in [2.45, 2.75) is 38.8 Å². The van der Waals surface area contributed by atoms with Crippen LogP contribution < -0.4 is 9.80 Å². The van der Waals surface area contributed by atoms with E-state index in [-0.39, 0.29) is 11.9 Å². The van der Waals surface area contributed by atoms with E-state index in [9.17, 15) is 10.1 Å². The number of fused-ring (bicyclic) bond motifs is 2. The minimum absolute atomic E-state index is 0.0166. The molecule has 0 N–H and O–H groups in total. The van der Waals surface area contributed by atoms with Crippen LogP contribution in [0.5, 0.6) is 0 Å². The molecule has 39 heavy (non-hydrogen) atoms. The monoisotopic (exact) mass is 526 g/mol. The third kappa shape index (κ3) is 4.36. The van der Waals surface area contributed by atoms with Crippen molar-refractivity contribution in [2.24, 2.45) is 7.05 Å². The lowest BCUT2D eigenvalue weighted by atomic mass is 9.98. The molecule has 0 atom stereocenters. The maximum absolute atomic E-state index is 12.9. The Bertz CT molecular complexity index is 1490. The summed E-state index contributed by atoms with van der Waals surface area (Å²) in [5.74, 6) is 0.861. The fourth-order valence-corrected chi connectivity index (χ4v) is 6.02. The van der Waals surface area contributed by atoms with Gasteiger partial charge in [-0.25, -0.2) is 0 Å². The van der Waals surface area contributed by atoms with Crippen molar-refractivity contribution >= 4 is 23.1 Å². The molecule has 202 valence electrons. The number of carbonyl (C=O) groups excluding carboxylic acids is 1. The van der Waals surface area contributed by atoms with Crippen LogP contribution in [0.3, 0.4) is 0 Å². The number of aryl methyl sites for hydroxylation is 1. The molecule has 0 radical (unpaired) electrons. The zero-order valence-electron chi connectivity index (χ0n) is 22.9. The first kappa shape index (κ1) is 25.2. The second-order valence-electron chi connectivity index (χ2n) is 10.8. The molecule has 10 nitrogen and oxygen atoms in total. The number of aromatic nitrogens is 4. The predicted octanol–water partition coefficient (Wildman–Crippen LogP) is 3.56. The van der Waals surface area contributed by atoms with Crippen molar-refractivity contribution in [3.63, 3.8) is 0 Å². The number of likely N-dealkylation sites (N-methyl/N-ethyl adjacent to an activating group) is 1. The second-order valence-corrected chi connectivity index (χ2v) is 10.8. The Kier molecular flexibility index (Phi) is 6.39. The molecular weight excluding hydrogens is 492 g/mol. The highest BCUT2D eigenvalue weighted by atomic mass is 16.5. The molecule has 10 heteroatoms. The number of nitriles is 1. The maximum atomic E-state index is 12.9. The van der Waals surface area contributed by atoms with Crippen LogP contribution in [0.1, 0.15) is 42.6 Å². The Labute approximate surface area is 228 Å². The SMILES string of the molecule is C=C(C)C(=O)N1CCc2c(c(N3CCN(C)c4cc(-c5cnn(C)c5)c(C#N)cc43)nn2C2CCOCC2)C1. The zero-order valence-corrected chi connectivity index (χ0v) is 22.9. The van der Waals surface area contributed by atoms with Gasteiger partial charge in [-0.3, -0.25) is 14.2 Å². The first-order valence-electron chi connectivity index (χ1n) is 13.5. The Morgan fingerprint density at radius 3 is 2.64 bits per heavy atom. The Morgan fingerprint density at radius 1 is 1.15 bits per heavy atom. The average molecular weight is 527 g/mol. The largest absolute Gasteiger partial charge is 0.381 e. The lowest BCUT2D eigenvalue weighted by Gasteiger charge is -2.37. The Balaban J connectivity index is 1.48. The van der Waals surface area contributed by atoms with E-state index in [1.165, 1.54) is 5.69 Å². The summed E-state index contributed by atoms with van der Waals surface area (Å²) in [6.07, 6.45) is 6.33. The van der Waals surface area contributed by atoms with Crippen LogP contribution in [0, 0.1) is 11.3 Å². The quantitative estimate of drug-likeness (QED) is 0.480. The van der Waals surface area contributed by atoms with Crippen LogP contribution in [0.2, 0.25) is 0 Å². The second kappa shape index (κ2) is 9.89. The van der Waals surface area contributed by atoms with Gasteiger partial charge < -0.3 is 19.4 Å². The van der Waals surface area contributed by atoms with Gasteiger partial charge in [0.2, 0.25) is 5.91 Å². The van der Waals surface area contributed by atoms with Gasteiger partial charge in [0, 0.05) is 87.5 Å². The molecule has 0 aliphatic carbocycles. The lowest BCUT2D eigenvalue weighted by molar-refractivity contribution is -0.127. The van der Waals surface area contributed by atoms with Gasteiger partial charge in [-0.15, -0.1) is 0 Å². The van der Waals surface area contributed by atoms with Gasteiger partial charge >= 0.3 is 0 Å². The van der Waals surface area contributed by atoms with Crippen LogP contribution in [-0.4, -0.2) is 70.3 Å². The van der Waals surface area contributed by atoms with Crippen molar-refractivity contribution in [1.29, 1.82) is 5.26 Å². The van der Waals surface area contributed by atoms with E-state index in [4.69, 9.17) is 9.84 Å². The molecule has 1 aromatic carbocycles. The lowest BCUT2D eigenvalue weighted by Crippen LogP contribution is -2.39. The minimum atomic E-state index is -0.0166. The molecule has 0 spiro atoms. The fourth-order valence-electron chi connectivity index (χ4n) is 6.02. The summed E-state index contributed by atoms with van der Waals surface area (Å²) < 4.78 is 9.60. The molecule has 6 rings (SSSR count). The van der Waals surface area contributed by atoms with Gasteiger partial charge in [0.15, 0.2) is 5.82 Å². The van der Waals surface area contributed by atoms with Gasteiger partial charge in [-0.1, -0.05) is 6.58 Å². The number of carbonyl (C=O) groups is 1. The number of benzene rings is 1. The molecule has 0 saturated carbocycles. The van der Waals surface area contributed by atoms with Crippen molar-refractivity contribution in [2.75, 3.05) is 49.7 Å². The number of ether oxygens (including phenoxy) is 1. The molecule has 3 aromatic rings. The summed E-state index contributed by atoms with van der Waals surface area (Å²) in [6, 6.07) is 6.76.